The molecule has 0 amide bonds. The van der Waals surface area contributed by atoms with Crippen LogP contribution in [0.3, 0.4) is 0 Å². The number of rotatable bonds is 5. The third kappa shape index (κ3) is 3.09. The molecule has 0 bridgehead atoms. The van der Waals surface area contributed by atoms with Crippen molar-refractivity contribution in [3.05, 3.63) is 54.6 Å². The zero-order valence-electron chi connectivity index (χ0n) is 12.1. The maximum absolute atomic E-state index is 9.68. The van der Waals surface area contributed by atoms with Crippen LogP contribution in [0.1, 0.15) is 13.3 Å². The minimum atomic E-state index is -0.404. The van der Waals surface area contributed by atoms with Gasteiger partial charge in [-0.1, -0.05) is 42.5 Å². The predicted molar refractivity (Wildman–Crippen MR) is 82.3 cm³/mol. The van der Waals surface area contributed by atoms with Gasteiger partial charge in [-0.15, -0.1) is 0 Å². The molecule has 1 fully saturated rings. The van der Waals surface area contributed by atoms with Crippen molar-refractivity contribution >= 4 is 0 Å². The molecule has 0 heterocycles. The van der Waals surface area contributed by atoms with Crippen LogP contribution in [0.2, 0.25) is 0 Å². The van der Waals surface area contributed by atoms with E-state index in [0.717, 1.165) is 11.3 Å². The van der Waals surface area contributed by atoms with Crippen LogP contribution in [-0.4, -0.2) is 30.0 Å². The number of aliphatic hydroxyl groups is 1. The number of hydrogen-bond acceptors (Lipinski definition) is 3. The van der Waals surface area contributed by atoms with Crippen LogP contribution in [-0.2, 0) is 4.74 Å². The lowest BCUT2D eigenvalue weighted by Crippen LogP contribution is -2.55. The maximum Gasteiger partial charge on any atom is 0.130 e. The van der Waals surface area contributed by atoms with E-state index in [4.69, 9.17) is 9.47 Å². The Morgan fingerprint density at radius 2 is 1.67 bits per heavy atom. The number of ether oxygens (including phenoxy) is 2. The van der Waals surface area contributed by atoms with Gasteiger partial charge in [0.25, 0.3) is 0 Å². The Labute approximate surface area is 125 Å². The van der Waals surface area contributed by atoms with Crippen molar-refractivity contribution in [3.8, 4) is 16.9 Å². The van der Waals surface area contributed by atoms with Gasteiger partial charge in [0.15, 0.2) is 0 Å². The summed E-state index contributed by atoms with van der Waals surface area (Å²) in [6.45, 7) is 2.52. The summed E-state index contributed by atoms with van der Waals surface area (Å²) in [7, 11) is 0. The zero-order chi connectivity index (χ0) is 14.7. The first-order valence-electron chi connectivity index (χ1n) is 7.39. The molecule has 110 valence electrons. The minimum absolute atomic E-state index is 0.0532. The van der Waals surface area contributed by atoms with Gasteiger partial charge in [0.05, 0.1) is 6.10 Å². The molecule has 1 saturated carbocycles. The number of hydrogen-bond donors (Lipinski definition) is 1. The lowest BCUT2D eigenvalue weighted by Gasteiger charge is -2.40. The Kier molecular flexibility index (Phi) is 4.23. The number of benzene rings is 2. The van der Waals surface area contributed by atoms with Crippen molar-refractivity contribution in [2.75, 3.05) is 6.61 Å². The van der Waals surface area contributed by atoms with E-state index in [2.05, 4.69) is 24.3 Å². The van der Waals surface area contributed by atoms with Crippen molar-refractivity contribution in [2.45, 2.75) is 31.7 Å². The molecular weight excluding hydrogens is 264 g/mol. The van der Waals surface area contributed by atoms with Crippen LogP contribution in [0.15, 0.2) is 54.6 Å². The zero-order valence-corrected chi connectivity index (χ0v) is 12.1. The van der Waals surface area contributed by atoms with Crippen LogP contribution >= 0.6 is 0 Å². The molecule has 1 aliphatic carbocycles. The summed E-state index contributed by atoms with van der Waals surface area (Å²) >= 11 is 0. The third-order valence-electron chi connectivity index (χ3n) is 3.83. The van der Waals surface area contributed by atoms with E-state index in [1.165, 1.54) is 5.56 Å². The molecule has 1 N–H and O–H groups in total. The van der Waals surface area contributed by atoms with E-state index in [1.807, 2.05) is 37.3 Å². The van der Waals surface area contributed by atoms with E-state index in [1.54, 1.807) is 0 Å². The highest BCUT2D eigenvalue weighted by Crippen LogP contribution is 2.30. The van der Waals surface area contributed by atoms with E-state index >= 15 is 0 Å². The first-order valence-corrected chi connectivity index (χ1v) is 7.39. The molecule has 3 unspecified atom stereocenters. The van der Waals surface area contributed by atoms with E-state index < -0.39 is 6.10 Å². The fourth-order valence-electron chi connectivity index (χ4n) is 2.62. The molecule has 0 aromatic heterocycles. The average Bonchev–Trinajstić information content (AvgIpc) is 2.54. The van der Waals surface area contributed by atoms with Gasteiger partial charge in [0.1, 0.15) is 18.0 Å². The van der Waals surface area contributed by atoms with Crippen molar-refractivity contribution in [1.82, 2.24) is 0 Å². The standard InChI is InChI=1S/C18H20O3/c1-2-20-18-16(19)12-17(18)21-15-10-8-14(9-11-15)13-6-4-3-5-7-13/h3-11,16-19H,2,12H2,1H3. The highest BCUT2D eigenvalue weighted by molar-refractivity contribution is 5.63. The largest absolute Gasteiger partial charge is 0.488 e. The average molecular weight is 284 g/mol. The Morgan fingerprint density at radius 1 is 1.00 bits per heavy atom. The Bertz CT molecular complexity index is 565. The smallest absolute Gasteiger partial charge is 0.130 e. The fourth-order valence-corrected chi connectivity index (χ4v) is 2.62. The highest BCUT2D eigenvalue weighted by atomic mass is 16.6. The lowest BCUT2D eigenvalue weighted by atomic mass is 9.88. The third-order valence-corrected chi connectivity index (χ3v) is 3.83. The topological polar surface area (TPSA) is 38.7 Å². The molecule has 21 heavy (non-hydrogen) atoms. The molecule has 3 heteroatoms. The first-order chi connectivity index (χ1) is 10.3. The second-order valence-corrected chi connectivity index (χ2v) is 5.27. The van der Waals surface area contributed by atoms with Gasteiger partial charge in [-0.05, 0) is 30.2 Å². The quantitative estimate of drug-likeness (QED) is 0.916. The Balaban J connectivity index is 1.65. The maximum atomic E-state index is 9.68. The molecule has 0 saturated heterocycles. The van der Waals surface area contributed by atoms with Gasteiger partial charge >= 0.3 is 0 Å². The van der Waals surface area contributed by atoms with Crippen LogP contribution < -0.4 is 4.74 Å². The molecule has 3 rings (SSSR count). The molecular formula is C18H20O3. The van der Waals surface area contributed by atoms with Crippen molar-refractivity contribution < 1.29 is 14.6 Å². The fraction of sp³-hybridized carbons (Fsp3) is 0.333. The lowest BCUT2D eigenvalue weighted by molar-refractivity contribution is -0.160. The van der Waals surface area contributed by atoms with Crippen molar-refractivity contribution in [2.24, 2.45) is 0 Å². The summed E-state index contributed by atoms with van der Waals surface area (Å²) in [6.07, 6.45) is -0.0321. The summed E-state index contributed by atoms with van der Waals surface area (Å²) in [5.74, 6) is 0.816. The summed E-state index contributed by atoms with van der Waals surface area (Å²) < 4.78 is 11.4. The van der Waals surface area contributed by atoms with Crippen LogP contribution in [0.5, 0.6) is 5.75 Å². The summed E-state index contributed by atoms with van der Waals surface area (Å²) in [6, 6.07) is 18.3. The Morgan fingerprint density at radius 3 is 2.29 bits per heavy atom. The molecule has 0 aliphatic heterocycles. The summed E-state index contributed by atoms with van der Waals surface area (Å²) in [5.41, 5.74) is 2.35. The van der Waals surface area contributed by atoms with Gasteiger partial charge in [0.2, 0.25) is 0 Å². The molecule has 1 aliphatic rings. The van der Waals surface area contributed by atoms with Crippen LogP contribution in [0, 0.1) is 0 Å². The molecule has 3 atom stereocenters. The normalized spacial score (nSPS) is 24.4. The minimum Gasteiger partial charge on any atom is -0.488 e. The van der Waals surface area contributed by atoms with E-state index in [-0.39, 0.29) is 12.2 Å². The molecule has 3 nitrogen and oxygen atoms in total. The van der Waals surface area contributed by atoms with Gasteiger partial charge in [0, 0.05) is 13.0 Å². The van der Waals surface area contributed by atoms with Crippen LogP contribution in [0.25, 0.3) is 11.1 Å². The second kappa shape index (κ2) is 6.29. The second-order valence-electron chi connectivity index (χ2n) is 5.27. The molecule has 0 spiro atoms. The Hall–Kier alpha value is -1.84. The summed E-state index contributed by atoms with van der Waals surface area (Å²) in [4.78, 5) is 0. The first kappa shape index (κ1) is 14.1. The highest BCUT2D eigenvalue weighted by Gasteiger charge is 2.42. The summed E-state index contributed by atoms with van der Waals surface area (Å²) in [5, 5.41) is 9.68. The van der Waals surface area contributed by atoms with Crippen molar-refractivity contribution in [1.29, 1.82) is 0 Å². The molecule has 2 aromatic carbocycles. The van der Waals surface area contributed by atoms with Crippen molar-refractivity contribution in [3.63, 3.8) is 0 Å². The van der Waals surface area contributed by atoms with Gasteiger partial charge in [-0.3, -0.25) is 0 Å². The monoisotopic (exact) mass is 284 g/mol. The molecule has 0 radical (unpaired) electrons. The van der Waals surface area contributed by atoms with Crippen LogP contribution in [0.4, 0.5) is 0 Å². The van der Waals surface area contributed by atoms with Gasteiger partial charge < -0.3 is 14.6 Å². The van der Waals surface area contributed by atoms with E-state index in [9.17, 15) is 5.11 Å². The SMILES string of the molecule is CCOC1C(O)CC1Oc1ccc(-c2ccccc2)cc1. The predicted octanol–water partition coefficient (Wildman–Crippen LogP) is 3.27. The number of aliphatic hydroxyl groups excluding tert-OH is 1. The van der Waals surface area contributed by atoms with Gasteiger partial charge in [-0.2, -0.15) is 0 Å². The van der Waals surface area contributed by atoms with E-state index in [0.29, 0.717) is 13.0 Å². The van der Waals surface area contributed by atoms with Gasteiger partial charge in [-0.25, -0.2) is 0 Å². The molecule has 2 aromatic rings.